The van der Waals surface area contributed by atoms with Gasteiger partial charge in [0.2, 0.25) is 0 Å². The second-order valence-corrected chi connectivity index (χ2v) is 4.05. The average molecular weight is 235 g/mol. The van der Waals surface area contributed by atoms with Crippen LogP contribution in [0.15, 0.2) is 30.1 Å². The number of allylic oxidation sites excluding steroid dienone is 1. The maximum absolute atomic E-state index is 5.43. The summed E-state index contributed by atoms with van der Waals surface area (Å²) in [5.41, 5.74) is 4.76. The van der Waals surface area contributed by atoms with Crippen molar-refractivity contribution in [1.29, 1.82) is 0 Å². The standard InChI is InChI=1S/C13H21N3O/c1-5-12(16-14)15-13-10(9(2)3)7-6-8-11(13)17-4/h5-9,15-16H,14H2,1-4H3/b12-5+. The summed E-state index contributed by atoms with van der Waals surface area (Å²) in [6.07, 6.45) is 1.87. The molecule has 0 atom stereocenters. The molecule has 4 heteroatoms. The number of para-hydroxylation sites is 1. The van der Waals surface area contributed by atoms with Gasteiger partial charge in [0.05, 0.1) is 12.8 Å². The van der Waals surface area contributed by atoms with E-state index in [2.05, 4.69) is 30.7 Å². The Hall–Kier alpha value is -1.68. The maximum Gasteiger partial charge on any atom is 0.142 e. The van der Waals surface area contributed by atoms with Crippen LogP contribution >= 0.6 is 0 Å². The zero-order valence-electron chi connectivity index (χ0n) is 10.9. The van der Waals surface area contributed by atoms with E-state index in [1.807, 2.05) is 25.1 Å². The highest BCUT2D eigenvalue weighted by molar-refractivity contribution is 5.65. The van der Waals surface area contributed by atoms with Gasteiger partial charge < -0.3 is 15.5 Å². The van der Waals surface area contributed by atoms with Crippen molar-refractivity contribution in [2.45, 2.75) is 26.7 Å². The Kier molecular flexibility index (Phi) is 4.84. The zero-order chi connectivity index (χ0) is 12.8. The minimum atomic E-state index is 0.406. The van der Waals surface area contributed by atoms with Crippen LogP contribution in [0.3, 0.4) is 0 Å². The van der Waals surface area contributed by atoms with Crippen LogP contribution < -0.4 is 21.3 Å². The number of nitrogens with two attached hydrogens (primary N) is 1. The second-order valence-electron chi connectivity index (χ2n) is 4.05. The number of benzene rings is 1. The quantitative estimate of drug-likeness (QED) is 0.542. The van der Waals surface area contributed by atoms with Crippen molar-refractivity contribution in [2.24, 2.45) is 5.84 Å². The predicted molar refractivity (Wildman–Crippen MR) is 71.8 cm³/mol. The van der Waals surface area contributed by atoms with Crippen LogP contribution in [-0.2, 0) is 0 Å². The summed E-state index contributed by atoms with van der Waals surface area (Å²) >= 11 is 0. The van der Waals surface area contributed by atoms with Gasteiger partial charge in [-0.1, -0.05) is 26.0 Å². The molecule has 0 saturated heterocycles. The largest absolute Gasteiger partial charge is 0.495 e. The van der Waals surface area contributed by atoms with Crippen molar-refractivity contribution in [3.63, 3.8) is 0 Å². The lowest BCUT2D eigenvalue weighted by Gasteiger charge is -2.19. The Morgan fingerprint density at radius 2 is 2.12 bits per heavy atom. The molecule has 4 nitrogen and oxygen atoms in total. The molecule has 0 amide bonds. The van der Waals surface area contributed by atoms with Crippen molar-refractivity contribution in [3.05, 3.63) is 35.7 Å². The van der Waals surface area contributed by atoms with E-state index in [-0.39, 0.29) is 0 Å². The van der Waals surface area contributed by atoms with Gasteiger partial charge in [0.15, 0.2) is 0 Å². The smallest absolute Gasteiger partial charge is 0.142 e. The SMILES string of the molecule is C/C=C(/NN)Nc1c(OC)cccc1C(C)C. The van der Waals surface area contributed by atoms with E-state index >= 15 is 0 Å². The van der Waals surface area contributed by atoms with E-state index in [0.29, 0.717) is 5.92 Å². The van der Waals surface area contributed by atoms with E-state index < -0.39 is 0 Å². The minimum absolute atomic E-state index is 0.406. The molecule has 0 spiro atoms. The van der Waals surface area contributed by atoms with Crippen LogP contribution in [0.25, 0.3) is 0 Å². The summed E-state index contributed by atoms with van der Waals surface area (Å²) < 4.78 is 5.37. The van der Waals surface area contributed by atoms with Gasteiger partial charge in [-0.05, 0) is 30.5 Å². The molecule has 94 valence electrons. The summed E-state index contributed by atoms with van der Waals surface area (Å²) in [7, 11) is 1.66. The monoisotopic (exact) mass is 235 g/mol. The number of hydrogen-bond acceptors (Lipinski definition) is 4. The first-order valence-electron chi connectivity index (χ1n) is 5.70. The first-order valence-corrected chi connectivity index (χ1v) is 5.70. The Bertz CT molecular complexity index is 400. The van der Waals surface area contributed by atoms with Gasteiger partial charge in [-0.2, -0.15) is 0 Å². The molecule has 0 fully saturated rings. The lowest BCUT2D eigenvalue weighted by molar-refractivity contribution is 0.416. The molecule has 0 bridgehead atoms. The Morgan fingerprint density at radius 1 is 1.41 bits per heavy atom. The molecule has 0 aliphatic rings. The number of nitrogens with one attached hydrogen (secondary N) is 2. The number of anilines is 1. The average Bonchev–Trinajstić information content (AvgIpc) is 2.35. The van der Waals surface area contributed by atoms with Crippen LogP contribution in [-0.4, -0.2) is 7.11 Å². The molecular weight excluding hydrogens is 214 g/mol. The molecule has 1 aromatic carbocycles. The number of hydrogen-bond donors (Lipinski definition) is 3. The van der Waals surface area contributed by atoms with Crippen LogP contribution in [0.4, 0.5) is 5.69 Å². The Labute approximate surface area is 103 Å². The van der Waals surface area contributed by atoms with Gasteiger partial charge in [0.1, 0.15) is 11.6 Å². The van der Waals surface area contributed by atoms with Gasteiger partial charge in [-0.25, -0.2) is 5.84 Å². The number of methoxy groups -OCH3 is 1. The normalized spacial score (nSPS) is 11.5. The molecule has 0 aromatic heterocycles. The van der Waals surface area contributed by atoms with Crippen LogP contribution in [0.5, 0.6) is 5.75 Å². The fourth-order valence-electron chi connectivity index (χ4n) is 1.66. The number of ether oxygens (including phenoxy) is 1. The molecule has 0 radical (unpaired) electrons. The third kappa shape index (κ3) is 3.14. The van der Waals surface area contributed by atoms with Crippen LogP contribution in [0.2, 0.25) is 0 Å². The summed E-state index contributed by atoms with van der Waals surface area (Å²) in [5.74, 6) is 7.39. The van der Waals surface area contributed by atoms with Crippen LogP contribution in [0, 0.1) is 0 Å². The third-order valence-corrected chi connectivity index (χ3v) is 2.60. The second kappa shape index (κ2) is 6.15. The highest BCUT2D eigenvalue weighted by Crippen LogP contribution is 2.33. The zero-order valence-corrected chi connectivity index (χ0v) is 10.9. The van der Waals surface area contributed by atoms with Crippen molar-refractivity contribution in [1.82, 2.24) is 5.43 Å². The molecule has 1 aromatic rings. The van der Waals surface area contributed by atoms with Gasteiger partial charge in [-0.3, -0.25) is 0 Å². The number of hydrazine groups is 1. The van der Waals surface area contributed by atoms with Crippen molar-refractivity contribution in [3.8, 4) is 5.75 Å². The Balaban J connectivity index is 3.17. The molecule has 0 aliphatic carbocycles. The van der Waals surface area contributed by atoms with Crippen molar-refractivity contribution >= 4 is 5.69 Å². The molecule has 0 heterocycles. The van der Waals surface area contributed by atoms with E-state index in [9.17, 15) is 0 Å². The summed E-state index contributed by atoms with van der Waals surface area (Å²) in [6.45, 7) is 6.20. The maximum atomic E-state index is 5.43. The molecule has 17 heavy (non-hydrogen) atoms. The molecule has 4 N–H and O–H groups in total. The fourth-order valence-corrected chi connectivity index (χ4v) is 1.66. The van der Waals surface area contributed by atoms with Gasteiger partial charge in [0.25, 0.3) is 0 Å². The van der Waals surface area contributed by atoms with E-state index in [4.69, 9.17) is 10.6 Å². The van der Waals surface area contributed by atoms with Crippen LogP contribution in [0.1, 0.15) is 32.3 Å². The molecule has 0 saturated carbocycles. The lowest BCUT2D eigenvalue weighted by Crippen LogP contribution is -2.26. The third-order valence-electron chi connectivity index (χ3n) is 2.60. The van der Waals surface area contributed by atoms with Gasteiger partial charge >= 0.3 is 0 Å². The predicted octanol–water partition coefficient (Wildman–Crippen LogP) is 2.56. The number of rotatable bonds is 5. The topological polar surface area (TPSA) is 59.3 Å². The minimum Gasteiger partial charge on any atom is -0.495 e. The van der Waals surface area contributed by atoms with E-state index in [1.54, 1.807) is 7.11 Å². The summed E-state index contributed by atoms with van der Waals surface area (Å²) in [5, 5.41) is 3.25. The highest BCUT2D eigenvalue weighted by atomic mass is 16.5. The molecule has 0 aliphatic heterocycles. The fraction of sp³-hybridized carbons (Fsp3) is 0.385. The first-order chi connectivity index (χ1) is 8.13. The summed E-state index contributed by atoms with van der Waals surface area (Å²) in [4.78, 5) is 0. The molecule has 0 unspecified atom stereocenters. The van der Waals surface area contributed by atoms with Gasteiger partial charge in [0, 0.05) is 0 Å². The van der Waals surface area contributed by atoms with E-state index in [1.165, 1.54) is 5.56 Å². The van der Waals surface area contributed by atoms with Crippen molar-refractivity contribution < 1.29 is 4.74 Å². The summed E-state index contributed by atoms with van der Waals surface area (Å²) in [6, 6.07) is 6.00. The van der Waals surface area contributed by atoms with Crippen molar-refractivity contribution in [2.75, 3.05) is 12.4 Å². The molecular formula is C13H21N3O. The highest BCUT2D eigenvalue weighted by Gasteiger charge is 2.12. The van der Waals surface area contributed by atoms with Gasteiger partial charge in [-0.15, -0.1) is 0 Å². The first kappa shape index (κ1) is 13.4. The van der Waals surface area contributed by atoms with E-state index in [0.717, 1.165) is 17.3 Å². The lowest BCUT2D eigenvalue weighted by atomic mass is 10.0. The molecule has 1 rings (SSSR count). The Morgan fingerprint density at radius 3 is 2.59 bits per heavy atom.